The second-order valence-electron chi connectivity index (χ2n) is 7.17. The second kappa shape index (κ2) is 6.05. The van der Waals surface area contributed by atoms with Crippen LogP contribution in [-0.2, 0) is 0 Å². The lowest BCUT2D eigenvalue weighted by molar-refractivity contribution is 0.607. The number of unbranched alkanes of at least 4 members (excludes halogenated alkanes) is 2. The van der Waals surface area contributed by atoms with E-state index in [4.69, 9.17) is 0 Å². The van der Waals surface area contributed by atoms with E-state index in [1.54, 1.807) is 5.56 Å². The number of benzene rings is 1. The van der Waals surface area contributed by atoms with E-state index < -0.39 is 8.07 Å². The Kier molecular flexibility index (Phi) is 4.66. The Morgan fingerprint density at radius 1 is 1.00 bits per heavy atom. The third-order valence-corrected chi connectivity index (χ3v) is 6.01. The Morgan fingerprint density at radius 2 is 1.72 bits per heavy atom. The largest absolute Gasteiger partial charge is 0.0695 e. The first-order chi connectivity index (χ1) is 8.56. The summed E-state index contributed by atoms with van der Waals surface area (Å²) in [5.74, 6) is 1.89. The first-order valence-electron chi connectivity index (χ1n) is 7.61. The molecule has 1 saturated carbocycles. The zero-order chi connectivity index (χ0) is 13.0. The van der Waals surface area contributed by atoms with E-state index in [0.29, 0.717) is 0 Å². The predicted molar refractivity (Wildman–Crippen MR) is 83.9 cm³/mol. The summed E-state index contributed by atoms with van der Waals surface area (Å²) in [7, 11) is -0.785. The van der Waals surface area contributed by atoms with Gasteiger partial charge in [0.05, 0.1) is 0 Å². The van der Waals surface area contributed by atoms with Gasteiger partial charge in [0, 0.05) is 8.07 Å². The minimum Gasteiger partial charge on any atom is -0.0695 e. The highest BCUT2D eigenvalue weighted by Crippen LogP contribution is 2.50. The van der Waals surface area contributed by atoms with Crippen LogP contribution in [0.4, 0.5) is 0 Å². The molecule has 2 rings (SSSR count). The Balaban J connectivity index is 1.58. The number of rotatable bonds is 7. The van der Waals surface area contributed by atoms with E-state index in [1.807, 2.05) is 0 Å². The van der Waals surface area contributed by atoms with Gasteiger partial charge in [-0.1, -0.05) is 75.3 Å². The molecule has 0 nitrogen and oxygen atoms in total. The van der Waals surface area contributed by atoms with Gasteiger partial charge in [-0.15, -0.1) is 0 Å². The zero-order valence-corrected chi connectivity index (χ0v) is 13.3. The van der Waals surface area contributed by atoms with Crippen LogP contribution < -0.4 is 0 Å². The average Bonchev–Trinajstić information content (AvgIpc) is 3.08. The molecule has 2 atom stereocenters. The molecule has 1 aliphatic carbocycles. The lowest BCUT2D eigenvalue weighted by Crippen LogP contribution is -2.18. The van der Waals surface area contributed by atoms with Crippen LogP contribution in [0, 0.1) is 5.92 Å². The molecule has 1 heteroatoms. The van der Waals surface area contributed by atoms with Crippen LogP contribution >= 0.6 is 0 Å². The maximum absolute atomic E-state index is 2.49. The number of hydrogen-bond donors (Lipinski definition) is 0. The molecule has 0 heterocycles. The van der Waals surface area contributed by atoms with Gasteiger partial charge in [0.2, 0.25) is 0 Å². The summed E-state index contributed by atoms with van der Waals surface area (Å²) in [6.45, 7) is 7.46. The van der Waals surface area contributed by atoms with E-state index in [0.717, 1.165) is 11.8 Å². The summed E-state index contributed by atoms with van der Waals surface area (Å²) in [6.07, 6.45) is 7.29. The maximum atomic E-state index is 2.49. The molecule has 100 valence electrons. The van der Waals surface area contributed by atoms with Crippen molar-refractivity contribution < 1.29 is 0 Å². The second-order valence-corrected chi connectivity index (χ2v) is 12.8. The van der Waals surface area contributed by atoms with Crippen LogP contribution in [0.1, 0.15) is 43.6 Å². The lowest BCUT2D eigenvalue weighted by atomic mass is 10.1. The van der Waals surface area contributed by atoms with E-state index in [-0.39, 0.29) is 0 Å². The molecule has 0 saturated heterocycles. The van der Waals surface area contributed by atoms with Crippen molar-refractivity contribution in [2.45, 2.75) is 63.7 Å². The van der Waals surface area contributed by atoms with Crippen LogP contribution in [-0.4, -0.2) is 8.07 Å². The Morgan fingerprint density at radius 3 is 2.39 bits per heavy atom. The Hall–Kier alpha value is -0.563. The minimum absolute atomic E-state index is 0.785. The molecule has 0 aliphatic heterocycles. The van der Waals surface area contributed by atoms with E-state index in [2.05, 4.69) is 50.0 Å². The van der Waals surface area contributed by atoms with Crippen molar-refractivity contribution >= 4 is 8.07 Å². The fraction of sp³-hybridized carbons (Fsp3) is 0.647. The van der Waals surface area contributed by atoms with Gasteiger partial charge in [0.1, 0.15) is 0 Å². The van der Waals surface area contributed by atoms with Crippen LogP contribution in [0.25, 0.3) is 0 Å². The van der Waals surface area contributed by atoms with Crippen molar-refractivity contribution in [2.24, 2.45) is 5.92 Å². The van der Waals surface area contributed by atoms with Crippen LogP contribution in [0.5, 0.6) is 0 Å². The van der Waals surface area contributed by atoms with Crippen molar-refractivity contribution in [3.05, 3.63) is 35.9 Å². The highest BCUT2D eigenvalue weighted by Gasteiger charge is 2.37. The monoisotopic (exact) mass is 260 g/mol. The molecule has 0 radical (unpaired) electrons. The molecule has 1 aliphatic rings. The smallest absolute Gasteiger partial charge is 0.0442 e. The van der Waals surface area contributed by atoms with Gasteiger partial charge in [0.15, 0.2) is 0 Å². The first kappa shape index (κ1) is 13.9. The molecule has 2 unspecified atom stereocenters. The zero-order valence-electron chi connectivity index (χ0n) is 12.3. The van der Waals surface area contributed by atoms with Crippen molar-refractivity contribution in [3.63, 3.8) is 0 Å². The van der Waals surface area contributed by atoms with Crippen molar-refractivity contribution in [1.29, 1.82) is 0 Å². The fourth-order valence-corrected chi connectivity index (χ4v) is 4.22. The predicted octanol–water partition coefficient (Wildman–Crippen LogP) is 5.69. The van der Waals surface area contributed by atoms with Gasteiger partial charge in [-0.3, -0.25) is 0 Å². The van der Waals surface area contributed by atoms with E-state index in [1.165, 1.54) is 38.1 Å². The molecular formula is C17H28Si. The highest BCUT2D eigenvalue weighted by molar-refractivity contribution is 6.76. The molecule has 18 heavy (non-hydrogen) atoms. The third kappa shape index (κ3) is 4.60. The summed E-state index contributed by atoms with van der Waals surface area (Å²) in [6, 6.07) is 12.6. The van der Waals surface area contributed by atoms with Crippen molar-refractivity contribution in [1.82, 2.24) is 0 Å². The molecule has 0 bridgehead atoms. The Labute approximate surface area is 114 Å². The quantitative estimate of drug-likeness (QED) is 0.436. The topological polar surface area (TPSA) is 0 Å². The summed E-state index contributed by atoms with van der Waals surface area (Å²) in [4.78, 5) is 0. The Bertz CT molecular complexity index is 350. The lowest BCUT2D eigenvalue weighted by Gasteiger charge is -2.14. The summed E-state index contributed by atoms with van der Waals surface area (Å²) >= 11 is 0. The van der Waals surface area contributed by atoms with Gasteiger partial charge in [-0.2, -0.15) is 0 Å². The minimum atomic E-state index is -0.785. The van der Waals surface area contributed by atoms with Crippen molar-refractivity contribution in [2.75, 3.05) is 0 Å². The third-order valence-electron chi connectivity index (χ3n) is 4.15. The first-order valence-corrected chi connectivity index (χ1v) is 11.3. The summed E-state index contributed by atoms with van der Waals surface area (Å²) in [5.41, 5.74) is 1.57. The van der Waals surface area contributed by atoms with Crippen LogP contribution in [0.2, 0.25) is 25.7 Å². The van der Waals surface area contributed by atoms with Gasteiger partial charge in [-0.05, 0) is 30.2 Å². The van der Waals surface area contributed by atoms with Crippen LogP contribution in [0.3, 0.4) is 0 Å². The molecule has 1 aromatic carbocycles. The molecule has 1 aromatic rings. The van der Waals surface area contributed by atoms with E-state index >= 15 is 0 Å². The SMILES string of the molecule is C[Si](C)(C)CCCCCC1CC1c1ccccc1. The van der Waals surface area contributed by atoms with Gasteiger partial charge >= 0.3 is 0 Å². The molecule has 1 fully saturated rings. The molecule has 0 amide bonds. The molecule has 0 N–H and O–H groups in total. The molecule has 0 aromatic heterocycles. The number of hydrogen-bond acceptors (Lipinski definition) is 0. The highest BCUT2D eigenvalue weighted by atomic mass is 28.3. The molecular weight excluding hydrogens is 232 g/mol. The maximum Gasteiger partial charge on any atom is 0.0442 e. The average molecular weight is 260 g/mol. The fourth-order valence-electron chi connectivity index (χ4n) is 2.91. The van der Waals surface area contributed by atoms with Gasteiger partial charge < -0.3 is 0 Å². The molecule has 0 spiro atoms. The summed E-state index contributed by atoms with van der Waals surface area (Å²) < 4.78 is 0. The van der Waals surface area contributed by atoms with Crippen LogP contribution in [0.15, 0.2) is 30.3 Å². The standard InChI is InChI=1S/C17H28Si/c1-18(2,3)13-9-5-8-12-16-14-17(16)15-10-6-4-7-11-15/h4,6-7,10-11,16-17H,5,8-9,12-14H2,1-3H3. The van der Waals surface area contributed by atoms with Crippen molar-refractivity contribution in [3.8, 4) is 0 Å². The van der Waals surface area contributed by atoms with E-state index in [9.17, 15) is 0 Å². The summed E-state index contributed by atoms with van der Waals surface area (Å²) in [5, 5.41) is 0. The van der Waals surface area contributed by atoms with Gasteiger partial charge in [-0.25, -0.2) is 0 Å². The van der Waals surface area contributed by atoms with Gasteiger partial charge in [0.25, 0.3) is 0 Å². The normalized spacial score (nSPS) is 23.1.